The zero-order valence-corrected chi connectivity index (χ0v) is 13.0. The standard InChI is InChI=1S/C15H14.2C2H6/c1-2-11-7-8-15-13(9-11)10-12-5-3-4-6-14(12)15;2*1-2/h3-9H,2,10H2,1H3;2*1-2H3. The van der Waals surface area contributed by atoms with Crippen LogP contribution in [0.1, 0.15) is 51.3 Å². The molecule has 0 unspecified atom stereocenters. The zero-order valence-electron chi connectivity index (χ0n) is 13.0. The van der Waals surface area contributed by atoms with Gasteiger partial charge in [0.05, 0.1) is 0 Å². The molecule has 0 amide bonds. The molecule has 0 saturated heterocycles. The SMILES string of the molecule is CC.CC.CCc1ccc2c(c1)Cc1ccccc1-2. The van der Waals surface area contributed by atoms with Crippen molar-refractivity contribution >= 4 is 0 Å². The number of rotatable bonds is 1. The highest BCUT2D eigenvalue weighted by Gasteiger charge is 2.17. The molecule has 0 heterocycles. The fourth-order valence-corrected chi connectivity index (χ4v) is 2.42. The minimum atomic E-state index is 1.11. The highest BCUT2D eigenvalue weighted by molar-refractivity contribution is 5.76. The minimum Gasteiger partial charge on any atom is -0.0683 e. The summed E-state index contributed by atoms with van der Waals surface area (Å²) in [5.74, 6) is 0. The van der Waals surface area contributed by atoms with E-state index in [2.05, 4.69) is 49.4 Å². The fraction of sp³-hybridized carbons (Fsp3) is 0.368. The lowest BCUT2D eigenvalue weighted by Gasteiger charge is -2.02. The van der Waals surface area contributed by atoms with Crippen molar-refractivity contribution in [3.8, 4) is 11.1 Å². The van der Waals surface area contributed by atoms with Gasteiger partial charge in [-0.1, -0.05) is 77.1 Å². The second-order valence-electron chi connectivity index (χ2n) is 4.18. The van der Waals surface area contributed by atoms with Gasteiger partial charge < -0.3 is 0 Å². The molecule has 0 heteroatoms. The lowest BCUT2D eigenvalue weighted by atomic mass is 10.0. The van der Waals surface area contributed by atoms with E-state index in [9.17, 15) is 0 Å². The van der Waals surface area contributed by atoms with Gasteiger partial charge in [0.15, 0.2) is 0 Å². The average Bonchev–Trinajstić information content (AvgIpc) is 2.88. The topological polar surface area (TPSA) is 0 Å². The maximum absolute atomic E-state index is 2.36. The normalized spacial score (nSPS) is 10.4. The third-order valence-electron chi connectivity index (χ3n) is 3.27. The lowest BCUT2D eigenvalue weighted by Crippen LogP contribution is -1.84. The molecule has 0 aromatic heterocycles. The van der Waals surface area contributed by atoms with E-state index in [4.69, 9.17) is 0 Å². The van der Waals surface area contributed by atoms with Crippen LogP contribution >= 0.6 is 0 Å². The highest BCUT2D eigenvalue weighted by Crippen LogP contribution is 2.36. The predicted molar refractivity (Wildman–Crippen MR) is 86.8 cm³/mol. The molecular formula is C19H26. The zero-order chi connectivity index (χ0) is 14.3. The third kappa shape index (κ3) is 3.26. The van der Waals surface area contributed by atoms with Crippen molar-refractivity contribution in [2.45, 2.75) is 47.5 Å². The molecule has 0 atom stereocenters. The van der Waals surface area contributed by atoms with E-state index in [1.165, 1.54) is 27.8 Å². The summed E-state index contributed by atoms with van der Waals surface area (Å²) in [6.45, 7) is 10.2. The molecule has 0 aliphatic heterocycles. The van der Waals surface area contributed by atoms with Crippen molar-refractivity contribution in [2.24, 2.45) is 0 Å². The molecule has 3 rings (SSSR count). The summed E-state index contributed by atoms with van der Waals surface area (Å²) in [7, 11) is 0. The van der Waals surface area contributed by atoms with Gasteiger partial charge in [-0.15, -0.1) is 0 Å². The monoisotopic (exact) mass is 254 g/mol. The number of fused-ring (bicyclic) bond motifs is 3. The van der Waals surface area contributed by atoms with E-state index < -0.39 is 0 Å². The van der Waals surface area contributed by atoms with Crippen molar-refractivity contribution < 1.29 is 0 Å². The van der Waals surface area contributed by atoms with Gasteiger partial charge in [0.2, 0.25) is 0 Å². The van der Waals surface area contributed by atoms with Crippen LogP contribution in [0.5, 0.6) is 0 Å². The predicted octanol–water partition coefficient (Wildman–Crippen LogP) is 5.87. The summed E-state index contributed by atoms with van der Waals surface area (Å²) in [4.78, 5) is 0. The van der Waals surface area contributed by atoms with Gasteiger partial charge in [-0.3, -0.25) is 0 Å². The number of hydrogen-bond donors (Lipinski definition) is 0. The Morgan fingerprint density at radius 3 is 2.11 bits per heavy atom. The lowest BCUT2D eigenvalue weighted by molar-refractivity contribution is 1.12. The molecule has 1 aliphatic rings. The van der Waals surface area contributed by atoms with Crippen LogP contribution in [0.4, 0.5) is 0 Å². The van der Waals surface area contributed by atoms with Crippen molar-refractivity contribution in [2.75, 3.05) is 0 Å². The Balaban J connectivity index is 0.000000415. The first-order chi connectivity index (χ1) is 9.38. The Labute approximate surface area is 118 Å². The highest BCUT2D eigenvalue weighted by atomic mass is 14.2. The van der Waals surface area contributed by atoms with Gasteiger partial charge in [0.1, 0.15) is 0 Å². The minimum absolute atomic E-state index is 1.11. The van der Waals surface area contributed by atoms with E-state index in [0.717, 1.165) is 12.8 Å². The molecular weight excluding hydrogens is 228 g/mol. The first-order valence-electron chi connectivity index (χ1n) is 7.58. The molecule has 0 N–H and O–H groups in total. The first-order valence-corrected chi connectivity index (χ1v) is 7.58. The maximum atomic E-state index is 2.36. The molecule has 19 heavy (non-hydrogen) atoms. The second kappa shape index (κ2) is 7.78. The quantitative estimate of drug-likeness (QED) is 0.509. The molecule has 0 bridgehead atoms. The van der Waals surface area contributed by atoms with Crippen LogP contribution in [0.25, 0.3) is 11.1 Å². The molecule has 0 radical (unpaired) electrons. The molecule has 102 valence electrons. The Kier molecular flexibility index (Phi) is 6.35. The van der Waals surface area contributed by atoms with Crippen molar-refractivity contribution in [1.29, 1.82) is 0 Å². The van der Waals surface area contributed by atoms with E-state index in [0.29, 0.717) is 0 Å². The number of benzene rings is 2. The van der Waals surface area contributed by atoms with E-state index in [1.54, 1.807) is 0 Å². The van der Waals surface area contributed by atoms with Gasteiger partial charge in [-0.05, 0) is 40.7 Å². The van der Waals surface area contributed by atoms with Crippen LogP contribution in [-0.2, 0) is 12.8 Å². The summed E-state index contributed by atoms with van der Waals surface area (Å²) in [6, 6.07) is 15.6. The van der Waals surface area contributed by atoms with Crippen LogP contribution in [-0.4, -0.2) is 0 Å². The first kappa shape index (κ1) is 15.5. The largest absolute Gasteiger partial charge is 0.0683 e. The second-order valence-corrected chi connectivity index (χ2v) is 4.18. The van der Waals surface area contributed by atoms with Gasteiger partial charge in [-0.2, -0.15) is 0 Å². The van der Waals surface area contributed by atoms with Gasteiger partial charge >= 0.3 is 0 Å². The fourth-order valence-electron chi connectivity index (χ4n) is 2.42. The molecule has 0 saturated carbocycles. The van der Waals surface area contributed by atoms with Crippen molar-refractivity contribution in [3.05, 3.63) is 59.2 Å². The van der Waals surface area contributed by atoms with E-state index in [1.807, 2.05) is 27.7 Å². The Morgan fingerprint density at radius 2 is 1.42 bits per heavy atom. The Morgan fingerprint density at radius 1 is 0.789 bits per heavy atom. The maximum Gasteiger partial charge on any atom is -0.00134 e. The van der Waals surface area contributed by atoms with Crippen LogP contribution in [0.2, 0.25) is 0 Å². The van der Waals surface area contributed by atoms with Crippen molar-refractivity contribution in [3.63, 3.8) is 0 Å². The van der Waals surface area contributed by atoms with Crippen molar-refractivity contribution in [1.82, 2.24) is 0 Å². The third-order valence-corrected chi connectivity index (χ3v) is 3.27. The summed E-state index contributed by atoms with van der Waals surface area (Å²) in [5, 5.41) is 0. The summed E-state index contributed by atoms with van der Waals surface area (Å²) in [5.41, 5.74) is 7.27. The molecule has 1 aliphatic carbocycles. The Hall–Kier alpha value is -1.56. The Bertz CT molecular complexity index is 509. The van der Waals surface area contributed by atoms with Crippen LogP contribution in [0.3, 0.4) is 0 Å². The molecule has 2 aromatic rings. The van der Waals surface area contributed by atoms with Crippen LogP contribution in [0, 0.1) is 0 Å². The van der Waals surface area contributed by atoms with Gasteiger partial charge in [0, 0.05) is 0 Å². The molecule has 0 spiro atoms. The average molecular weight is 254 g/mol. The van der Waals surface area contributed by atoms with Gasteiger partial charge in [0.25, 0.3) is 0 Å². The summed E-state index contributed by atoms with van der Waals surface area (Å²) >= 11 is 0. The summed E-state index contributed by atoms with van der Waals surface area (Å²) < 4.78 is 0. The van der Waals surface area contributed by atoms with E-state index in [-0.39, 0.29) is 0 Å². The smallest absolute Gasteiger partial charge is 0.00134 e. The number of hydrogen-bond acceptors (Lipinski definition) is 0. The number of aryl methyl sites for hydroxylation is 1. The molecule has 2 aromatic carbocycles. The van der Waals surface area contributed by atoms with Gasteiger partial charge in [-0.25, -0.2) is 0 Å². The van der Waals surface area contributed by atoms with E-state index >= 15 is 0 Å². The molecule has 0 nitrogen and oxygen atoms in total. The van der Waals surface area contributed by atoms with Crippen LogP contribution < -0.4 is 0 Å². The van der Waals surface area contributed by atoms with Crippen LogP contribution in [0.15, 0.2) is 42.5 Å². The molecule has 0 fully saturated rings. The summed E-state index contributed by atoms with van der Waals surface area (Å²) in [6.07, 6.45) is 2.24.